The van der Waals surface area contributed by atoms with Gasteiger partial charge in [-0.3, -0.25) is 9.59 Å². The number of carbonyl (C=O) groups excluding carboxylic acids is 1. The van der Waals surface area contributed by atoms with Crippen molar-refractivity contribution < 1.29 is 14.7 Å². The number of carboxylic acid groups (broad SMARTS) is 1. The summed E-state index contributed by atoms with van der Waals surface area (Å²) in [6.45, 7) is 3.85. The number of hydrogen-bond acceptors (Lipinski definition) is 2. The summed E-state index contributed by atoms with van der Waals surface area (Å²) in [7, 11) is 0. The Morgan fingerprint density at radius 2 is 1.77 bits per heavy atom. The van der Waals surface area contributed by atoms with Gasteiger partial charge in [0, 0.05) is 12.1 Å². The van der Waals surface area contributed by atoms with Gasteiger partial charge in [0.05, 0.1) is 5.92 Å². The van der Waals surface area contributed by atoms with E-state index in [0.29, 0.717) is 5.56 Å². The van der Waals surface area contributed by atoms with Crippen molar-refractivity contribution in [2.45, 2.75) is 26.2 Å². The van der Waals surface area contributed by atoms with Gasteiger partial charge in [0.1, 0.15) is 0 Å². The van der Waals surface area contributed by atoms with Crippen LogP contribution in [0.5, 0.6) is 0 Å². The molecule has 0 aliphatic carbocycles. The van der Waals surface area contributed by atoms with Gasteiger partial charge in [0.25, 0.3) is 0 Å². The first-order valence-electron chi connectivity index (χ1n) is 7.12. The number of benzene rings is 2. The number of aryl methyl sites for hydroxylation is 2. The van der Waals surface area contributed by atoms with E-state index in [0.717, 1.165) is 16.8 Å². The third-order valence-electron chi connectivity index (χ3n) is 3.56. The third kappa shape index (κ3) is 3.95. The molecule has 0 saturated heterocycles. The minimum atomic E-state index is -0.998. The van der Waals surface area contributed by atoms with E-state index in [1.165, 1.54) is 0 Å². The number of carboxylic acids is 1. The molecule has 0 heterocycles. The van der Waals surface area contributed by atoms with Crippen molar-refractivity contribution in [3.8, 4) is 0 Å². The van der Waals surface area contributed by atoms with E-state index in [9.17, 15) is 14.7 Å². The molecule has 1 atom stereocenters. The predicted molar refractivity (Wildman–Crippen MR) is 86.0 cm³/mol. The largest absolute Gasteiger partial charge is 0.481 e. The number of hydrogen-bond donors (Lipinski definition) is 2. The standard InChI is InChI=1S/C18H19NO3/c1-12-8-9-13(2)16(10-12)19-17(20)11-15(18(21)22)14-6-4-3-5-7-14/h3-10,15H,11H2,1-2H3,(H,19,20)(H,21,22)/t15-/m0/s1. The molecular weight excluding hydrogens is 278 g/mol. The zero-order valence-electron chi connectivity index (χ0n) is 12.7. The second kappa shape index (κ2) is 6.89. The zero-order chi connectivity index (χ0) is 16.1. The van der Waals surface area contributed by atoms with Crippen LogP contribution in [0.3, 0.4) is 0 Å². The minimum absolute atomic E-state index is 0.0905. The van der Waals surface area contributed by atoms with Crippen LogP contribution in [0.25, 0.3) is 0 Å². The van der Waals surface area contributed by atoms with Gasteiger partial charge in [-0.15, -0.1) is 0 Å². The second-order valence-corrected chi connectivity index (χ2v) is 5.37. The lowest BCUT2D eigenvalue weighted by molar-refractivity contribution is -0.140. The number of rotatable bonds is 5. The Morgan fingerprint density at radius 1 is 1.09 bits per heavy atom. The molecule has 0 bridgehead atoms. The van der Waals surface area contributed by atoms with Crippen molar-refractivity contribution in [1.82, 2.24) is 0 Å². The third-order valence-corrected chi connectivity index (χ3v) is 3.56. The highest BCUT2D eigenvalue weighted by Crippen LogP contribution is 2.22. The maximum Gasteiger partial charge on any atom is 0.311 e. The minimum Gasteiger partial charge on any atom is -0.481 e. The Hall–Kier alpha value is -2.62. The van der Waals surface area contributed by atoms with Crippen molar-refractivity contribution in [3.63, 3.8) is 0 Å². The molecule has 114 valence electrons. The van der Waals surface area contributed by atoms with Crippen molar-refractivity contribution in [2.24, 2.45) is 0 Å². The summed E-state index contributed by atoms with van der Waals surface area (Å²) >= 11 is 0. The van der Waals surface area contributed by atoms with Crippen LogP contribution in [0.15, 0.2) is 48.5 Å². The van der Waals surface area contributed by atoms with E-state index < -0.39 is 11.9 Å². The van der Waals surface area contributed by atoms with Crippen LogP contribution in [-0.4, -0.2) is 17.0 Å². The fourth-order valence-electron chi connectivity index (χ4n) is 2.29. The van der Waals surface area contributed by atoms with Crippen LogP contribution < -0.4 is 5.32 Å². The van der Waals surface area contributed by atoms with Gasteiger partial charge in [0.2, 0.25) is 5.91 Å². The quantitative estimate of drug-likeness (QED) is 0.887. The van der Waals surface area contributed by atoms with E-state index >= 15 is 0 Å². The van der Waals surface area contributed by atoms with Crippen molar-refractivity contribution in [1.29, 1.82) is 0 Å². The summed E-state index contributed by atoms with van der Waals surface area (Å²) < 4.78 is 0. The second-order valence-electron chi connectivity index (χ2n) is 5.37. The average molecular weight is 297 g/mol. The molecule has 2 N–H and O–H groups in total. The fraction of sp³-hybridized carbons (Fsp3) is 0.222. The predicted octanol–water partition coefficient (Wildman–Crippen LogP) is 3.50. The van der Waals surface area contributed by atoms with Crippen molar-refractivity contribution in [3.05, 3.63) is 65.2 Å². The lowest BCUT2D eigenvalue weighted by Crippen LogP contribution is -2.21. The van der Waals surface area contributed by atoms with Gasteiger partial charge in [-0.2, -0.15) is 0 Å². The van der Waals surface area contributed by atoms with Crippen LogP contribution in [0.4, 0.5) is 5.69 Å². The maximum atomic E-state index is 12.2. The molecule has 0 aliphatic rings. The van der Waals surface area contributed by atoms with E-state index in [1.807, 2.05) is 38.1 Å². The molecule has 0 fully saturated rings. The van der Waals surface area contributed by atoms with E-state index in [2.05, 4.69) is 5.32 Å². The molecular formula is C18H19NO3. The van der Waals surface area contributed by atoms with E-state index in [-0.39, 0.29) is 12.3 Å². The van der Waals surface area contributed by atoms with Gasteiger partial charge in [0.15, 0.2) is 0 Å². The van der Waals surface area contributed by atoms with Gasteiger partial charge in [-0.1, -0.05) is 42.5 Å². The van der Waals surface area contributed by atoms with Crippen LogP contribution in [-0.2, 0) is 9.59 Å². The number of aliphatic carboxylic acids is 1. The molecule has 0 saturated carbocycles. The smallest absolute Gasteiger partial charge is 0.311 e. The lowest BCUT2D eigenvalue weighted by atomic mass is 9.95. The molecule has 0 unspecified atom stereocenters. The first-order valence-corrected chi connectivity index (χ1v) is 7.12. The average Bonchev–Trinajstić information content (AvgIpc) is 2.49. The maximum absolute atomic E-state index is 12.2. The molecule has 0 aromatic heterocycles. The Kier molecular flexibility index (Phi) is 4.94. The summed E-state index contributed by atoms with van der Waals surface area (Å²) in [5, 5.41) is 12.2. The summed E-state index contributed by atoms with van der Waals surface area (Å²) in [6.07, 6.45) is -0.0905. The highest BCUT2D eigenvalue weighted by molar-refractivity contribution is 5.95. The molecule has 2 aromatic rings. The topological polar surface area (TPSA) is 66.4 Å². The molecule has 0 radical (unpaired) electrons. The van der Waals surface area contributed by atoms with Gasteiger partial charge >= 0.3 is 5.97 Å². The lowest BCUT2D eigenvalue weighted by Gasteiger charge is -2.14. The molecule has 2 rings (SSSR count). The molecule has 4 heteroatoms. The summed E-state index contributed by atoms with van der Waals surface area (Å²) in [5.74, 6) is -2.14. The molecule has 1 amide bonds. The molecule has 0 spiro atoms. The van der Waals surface area contributed by atoms with Crippen molar-refractivity contribution >= 4 is 17.6 Å². The number of anilines is 1. The van der Waals surface area contributed by atoms with Gasteiger partial charge in [-0.05, 0) is 36.6 Å². The highest BCUT2D eigenvalue weighted by atomic mass is 16.4. The van der Waals surface area contributed by atoms with Gasteiger partial charge in [-0.25, -0.2) is 0 Å². The van der Waals surface area contributed by atoms with Crippen LogP contribution >= 0.6 is 0 Å². The first-order chi connectivity index (χ1) is 10.5. The highest BCUT2D eigenvalue weighted by Gasteiger charge is 2.23. The monoisotopic (exact) mass is 297 g/mol. The first kappa shape index (κ1) is 15.8. The number of nitrogens with one attached hydrogen (secondary N) is 1. The van der Waals surface area contributed by atoms with Gasteiger partial charge < -0.3 is 10.4 Å². The molecule has 4 nitrogen and oxygen atoms in total. The molecule has 0 aliphatic heterocycles. The van der Waals surface area contributed by atoms with E-state index in [1.54, 1.807) is 24.3 Å². The number of amides is 1. The number of carbonyl (C=O) groups is 2. The molecule has 22 heavy (non-hydrogen) atoms. The Balaban J connectivity index is 2.12. The fourth-order valence-corrected chi connectivity index (χ4v) is 2.29. The normalized spacial score (nSPS) is 11.7. The van der Waals surface area contributed by atoms with E-state index in [4.69, 9.17) is 0 Å². The molecule has 2 aromatic carbocycles. The Morgan fingerprint density at radius 3 is 2.41 bits per heavy atom. The van der Waals surface area contributed by atoms with Crippen LogP contribution in [0, 0.1) is 13.8 Å². The van der Waals surface area contributed by atoms with Crippen LogP contribution in [0.2, 0.25) is 0 Å². The van der Waals surface area contributed by atoms with Crippen LogP contribution in [0.1, 0.15) is 29.0 Å². The summed E-state index contributed by atoms with van der Waals surface area (Å²) in [6, 6.07) is 14.6. The summed E-state index contributed by atoms with van der Waals surface area (Å²) in [5.41, 5.74) is 3.34. The SMILES string of the molecule is Cc1ccc(C)c(NC(=O)C[C@H](C(=O)O)c2ccccc2)c1. The summed E-state index contributed by atoms with van der Waals surface area (Å²) in [4.78, 5) is 23.6. The zero-order valence-corrected chi connectivity index (χ0v) is 12.7. The Bertz CT molecular complexity index is 680. The Labute approximate surface area is 129 Å². The van der Waals surface area contributed by atoms with Crippen molar-refractivity contribution in [2.75, 3.05) is 5.32 Å².